The third kappa shape index (κ3) is 7.36. The predicted octanol–water partition coefficient (Wildman–Crippen LogP) is 4.10. The van der Waals surface area contributed by atoms with Crippen molar-refractivity contribution >= 4 is 51.5 Å². The van der Waals surface area contributed by atoms with Crippen molar-refractivity contribution in [3.05, 3.63) is 53.5 Å². The fourth-order valence-corrected chi connectivity index (χ4v) is 3.71. The molecule has 0 atom stereocenters. The number of nitrogens with one attached hydrogen (secondary N) is 2. The standard InChI is InChI=1S/C21H26N4O2S.HI/c1-22-21(24-14-15-27-17-11-9-16(26-2)10-12-17)23-13-5-8-20-25-18-6-3-4-7-19(18)28-20;/h3-4,6-7,9-12H,5,8,13-15H2,1-2H3,(H2,22,23,24);1H. The number of nitrogens with zero attached hydrogens (tertiary/aromatic N) is 2. The van der Waals surface area contributed by atoms with Crippen molar-refractivity contribution in [2.45, 2.75) is 12.8 Å². The van der Waals surface area contributed by atoms with Crippen LogP contribution in [0.15, 0.2) is 53.5 Å². The summed E-state index contributed by atoms with van der Waals surface area (Å²) in [6, 6.07) is 15.8. The second kappa shape index (κ2) is 12.5. The Bertz CT molecular complexity index is 866. The highest BCUT2D eigenvalue weighted by Crippen LogP contribution is 2.22. The maximum Gasteiger partial charge on any atom is 0.191 e. The molecule has 3 rings (SSSR count). The summed E-state index contributed by atoms with van der Waals surface area (Å²) < 4.78 is 12.1. The van der Waals surface area contributed by atoms with Gasteiger partial charge in [-0.3, -0.25) is 4.99 Å². The van der Waals surface area contributed by atoms with Crippen LogP contribution in [0.1, 0.15) is 11.4 Å². The van der Waals surface area contributed by atoms with Gasteiger partial charge in [0, 0.05) is 20.0 Å². The Kier molecular flexibility index (Phi) is 9.99. The molecule has 0 bridgehead atoms. The summed E-state index contributed by atoms with van der Waals surface area (Å²) in [6.45, 7) is 2.07. The molecule has 0 aliphatic heterocycles. The van der Waals surface area contributed by atoms with E-state index in [1.807, 2.05) is 30.3 Å². The van der Waals surface area contributed by atoms with Gasteiger partial charge in [0.1, 0.15) is 18.1 Å². The van der Waals surface area contributed by atoms with Crippen molar-refractivity contribution in [2.24, 2.45) is 4.99 Å². The average Bonchev–Trinajstić information content (AvgIpc) is 3.16. The van der Waals surface area contributed by atoms with Crippen LogP contribution in [-0.2, 0) is 6.42 Å². The van der Waals surface area contributed by atoms with Crippen LogP contribution in [0, 0.1) is 0 Å². The van der Waals surface area contributed by atoms with E-state index in [9.17, 15) is 0 Å². The van der Waals surface area contributed by atoms with Gasteiger partial charge in [-0.2, -0.15) is 0 Å². The van der Waals surface area contributed by atoms with Crippen LogP contribution in [0.2, 0.25) is 0 Å². The van der Waals surface area contributed by atoms with Crippen molar-refractivity contribution in [1.82, 2.24) is 15.6 Å². The van der Waals surface area contributed by atoms with Crippen LogP contribution in [0.25, 0.3) is 10.2 Å². The molecule has 2 N–H and O–H groups in total. The smallest absolute Gasteiger partial charge is 0.191 e. The zero-order valence-corrected chi connectivity index (χ0v) is 19.8. The zero-order valence-electron chi connectivity index (χ0n) is 16.7. The van der Waals surface area contributed by atoms with E-state index in [-0.39, 0.29) is 24.0 Å². The van der Waals surface area contributed by atoms with E-state index in [1.165, 1.54) is 9.71 Å². The minimum Gasteiger partial charge on any atom is -0.497 e. The van der Waals surface area contributed by atoms with Gasteiger partial charge < -0.3 is 20.1 Å². The summed E-state index contributed by atoms with van der Waals surface area (Å²) >= 11 is 1.77. The SMILES string of the molecule is CN=C(NCCCc1nc2ccccc2s1)NCCOc1ccc(OC)cc1.I. The van der Waals surface area contributed by atoms with Crippen molar-refractivity contribution in [2.75, 3.05) is 33.9 Å². The number of halogens is 1. The number of ether oxygens (including phenoxy) is 2. The highest BCUT2D eigenvalue weighted by Gasteiger charge is 2.03. The Morgan fingerprint density at radius 2 is 1.76 bits per heavy atom. The molecular weight excluding hydrogens is 499 g/mol. The summed E-state index contributed by atoms with van der Waals surface area (Å²) in [6.07, 6.45) is 1.97. The second-order valence-corrected chi connectivity index (χ2v) is 7.24. The number of thiazole rings is 1. The van der Waals surface area contributed by atoms with Gasteiger partial charge in [-0.25, -0.2) is 4.98 Å². The first-order valence-electron chi connectivity index (χ1n) is 9.34. The quantitative estimate of drug-likeness (QED) is 0.190. The number of rotatable bonds is 9. The lowest BCUT2D eigenvalue weighted by Crippen LogP contribution is -2.39. The second-order valence-electron chi connectivity index (χ2n) is 6.13. The van der Waals surface area contributed by atoms with E-state index in [0.29, 0.717) is 13.2 Å². The molecule has 0 spiro atoms. The summed E-state index contributed by atoms with van der Waals surface area (Å²) in [5, 5.41) is 7.77. The van der Waals surface area contributed by atoms with Crippen molar-refractivity contribution < 1.29 is 9.47 Å². The molecule has 0 saturated heterocycles. The van der Waals surface area contributed by atoms with E-state index in [2.05, 4.69) is 38.8 Å². The average molecular weight is 526 g/mol. The molecule has 0 aliphatic rings. The summed E-state index contributed by atoms with van der Waals surface area (Å²) in [5.41, 5.74) is 1.09. The Morgan fingerprint density at radius 3 is 2.48 bits per heavy atom. The minimum absolute atomic E-state index is 0. The molecule has 3 aromatic rings. The third-order valence-corrected chi connectivity index (χ3v) is 5.24. The monoisotopic (exact) mass is 526 g/mol. The van der Waals surface area contributed by atoms with Crippen LogP contribution >= 0.6 is 35.3 Å². The zero-order chi connectivity index (χ0) is 19.6. The van der Waals surface area contributed by atoms with Crippen molar-refractivity contribution in [3.8, 4) is 11.5 Å². The van der Waals surface area contributed by atoms with Gasteiger partial charge >= 0.3 is 0 Å². The fourth-order valence-electron chi connectivity index (χ4n) is 2.70. The first-order valence-corrected chi connectivity index (χ1v) is 10.2. The molecule has 0 unspecified atom stereocenters. The number of hydrogen-bond acceptors (Lipinski definition) is 5. The lowest BCUT2D eigenvalue weighted by atomic mass is 10.3. The number of hydrogen-bond donors (Lipinski definition) is 2. The summed E-state index contributed by atoms with van der Waals surface area (Å²) in [7, 11) is 3.42. The molecule has 1 aromatic heterocycles. The van der Waals surface area contributed by atoms with Gasteiger partial charge in [-0.1, -0.05) is 12.1 Å². The summed E-state index contributed by atoms with van der Waals surface area (Å²) in [4.78, 5) is 8.91. The Balaban J connectivity index is 0.00000300. The largest absolute Gasteiger partial charge is 0.497 e. The molecule has 0 saturated carbocycles. The lowest BCUT2D eigenvalue weighted by Gasteiger charge is -2.12. The van der Waals surface area contributed by atoms with Gasteiger partial charge in [0.2, 0.25) is 0 Å². The Morgan fingerprint density at radius 1 is 1.03 bits per heavy atom. The highest BCUT2D eigenvalue weighted by atomic mass is 127. The van der Waals surface area contributed by atoms with Crippen LogP contribution < -0.4 is 20.1 Å². The molecule has 0 radical (unpaired) electrons. The summed E-state index contributed by atoms with van der Waals surface area (Å²) in [5.74, 6) is 2.42. The number of para-hydroxylation sites is 1. The highest BCUT2D eigenvalue weighted by molar-refractivity contribution is 14.0. The molecule has 29 heavy (non-hydrogen) atoms. The Labute approximate surface area is 192 Å². The molecule has 8 heteroatoms. The Hall–Kier alpha value is -2.07. The van der Waals surface area contributed by atoms with Gasteiger partial charge in [0.15, 0.2) is 5.96 Å². The number of aryl methyl sites for hydroxylation is 1. The predicted molar refractivity (Wildman–Crippen MR) is 131 cm³/mol. The molecule has 6 nitrogen and oxygen atoms in total. The van der Waals surface area contributed by atoms with Crippen LogP contribution in [0.5, 0.6) is 11.5 Å². The van der Waals surface area contributed by atoms with Gasteiger partial charge in [0.25, 0.3) is 0 Å². The van der Waals surface area contributed by atoms with Crippen molar-refractivity contribution in [3.63, 3.8) is 0 Å². The van der Waals surface area contributed by atoms with Crippen LogP contribution in [0.4, 0.5) is 0 Å². The molecule has 1 heterocycles. The molecule has 156 valence electrons. The van der Waals surface area contributed by atoms with Crippen molar-refractivity contribution in [1.29, 1.82) is 0 Å². The first kappa shape index (κ1) is 23.2. The normalized spacial score (nSPS) is 11.0. The topological polar surface area (TPSA) is 67.8 Å². The fraction of sp³-hybridized carbons (Fsp3) is 0.333. The van der Waals surface area contributed by atoms with Crippen LogP contribution in [-0.4, -0.2) is 44.8 Å². The molecule has 0 fully saturated rings. The van der Waals surface area contributed by atoms with E-state index >= 15 is 0 Å². The minimum atomic E-state index is 0. The van der Waals surface area contributed by atoms with Gasteiger partial charge in [-0.05, 0) is 42.8 Å². The third-order valence-electron chi connectivity index (χ3n) is 4.14. The van der Waals surface area contributed by atoms with Crippen LogP contribution in [0.3, 0.4) is 0 Å². The van der Waals surface area contributed by atoms with Gasteiger partial charge in [0.05, 0.1) is 28.9 Å². The maximum atomic E-state index is 5.70. The number of methoxy groups -OCH3 is 1. The molecular formula is C21H27IN4O2S. The number of benzene rings is 2. The number of guanidine groups is 1. The number of aliphatic imine (C=N–C) groups is 1. The molecule has 2 aromatic carbocycles. The molecule has 0 aliphatic carbocycles. The lowest BCUT2D eigenvalue weighted by molar-refractivity contribution is 0.321. The number of aromatic nitrogens is 1. The molecule has 0 amide bonds. The first-order chi connectivity index (χ1) is 13.8. The number of fused-ring (bicyclic) bond motifs is 1. The van der Waals surface area contributed by atoms with E-state index in [0.717, 1.165) is 42.4 Å². The van der Waals surface area contributed by atoms with E-state index in [1.54, 1.807) is 25.5 Å². The van der Waals surface area contributed by atoms with Gasteiger partial charge in [-0.15, -0.1) is 35.3 Å². The van der Waals surface area contributed by atoms with E-state index in [4.69, 9.17) is 9.47 Å². The maximum absolute atomic E-state index is 5.70. The van der Waals surface area contributed by atoms with E-state index < -0.39 is 0 Å².